The van der Waals surface area contributed by atoms with Crippen LogP contribution in [-0.4, -0.2) is 33.6 Å². The molecular formula is C18H20N2O5. The molecule has 7 nitrogen and oxygen atoms in total. The maximum Gasteiger partial charge on any atom is 0.319 e. The topological polar surface area (TPSA) is 78.1 Å². The zero-order valence-corrected chi connectivity index (χ0v) is 14.1. The van der Waals surface area contributed by atoms with Gasteiger partial charge in [-0.25, -0.2) is 4.79 Å². The van der Waals surface area contributed by atoms with Crippen molar-refractivity contribution in [2.45, 2.75) is 6.10 Å². The fourth-order valence-corrected chi connectivity index (χ4v) is 2.59. The van der Waals surface area contributed by atoms with Crippen LogP contribution in [0.3, 0.4) is 0 Å². The first-order chi connectivity index (χ1) is 12.2. The van der Waals surface area contributed by atoms with Crippen molar-refractivity contribution >= 4 is 11.7 Å². The number of fused-ring (bicyclic) bond motifs is 1. The average molecular weight is 344 g/mol. The van der Waals surface area contributed by atoms with Crippen LogP contribution in [0.25, 0.3) is 0 Å². The van der Waals surface area contributed by atoms with Gasteiger partial charge in [0, 0.05) is 31.0 Å². The van der Waals surface area contributed by atoms with Gasteiger partial charge in [-0.2, -0.15) is 0 Å². The van der Waals surface area contributed by atoms with Crippen molar-refractivity contribution < 1.29 is 23.7 Å². The number of para-hydroxylation sites is 1. The van der Waals surface area contributed by atoms with Crippen LogP contribution in [0.4, 0.5) is 10.5 Å². The zero-order chi connectivity index (χ0) is 17.6. The van der Waals surface area contributed by atoms with Crippen molar-refractivity contribution in [2.75, 3.05) is 32.9 Å². The number of urea groups is 1. The monoisotopic (exact) mass is 344 g/mol. The molecule has 0 saturated carbocycles. The second-order valence-corrected chi connectivity index (χ2v) is 5.37. The molecule has 2 aromatic rings. The van der Waals surface area contributed by atoms with E-state index in [-0.39, 0.29) is 18.9 Å². The summed E-state index contributed by atoms with van der Waals surface area (Å²) < 4.78 is 21.4. The molecule has 25 heavy (non-hydrogen) atoms. The molecule has 0 aromatic heterocycles. The molecule has 2 amide bonds. The number of hydrogen-bond acceptors (Lipinski definition) is 5. The van der Waals surface area contributed by atoms with Crippen molar-refractivity contribution in [3.63, 3.8) is 0 Å². The first kappa shape index (κ1) is 16.9. The largest absolute Gasteiger partial charge is 0.496 e. The summed E-state index contributed by atoms with van der Waals surface area (Å²) in [7, 11) is 3.19. The lowest BCUT2D eigenvalue weighted by Crippen LogP contribution is -2.33. The summed E-state index contributed by atoms with van der Waals surface area (Å²) in [5, 5.41) is 5.56. The van der Waals surface area contributed by atoms with Gasteiger partial charge in [0.25, 0.3) is 0 Å². The molecule has 0 aliphatic carbocycles. The number of amides is 2. The Bertz CT molecular complexity index is 750. The number of methoxy groups -OCH3 is 2. The molecule has 0 spiro atoms. The lowest BCUT2D eigenvalue weighted by Gasteiger charge is -2.19. The Morgan fingerprint density at radius 3 is 2.76 bits per heavy atom. The lowest BCUT2D eigenvalue weighted by molar-refractivity contribution is 0.102. The van der Waals surface area contributed by atoms with E-state index in [4.69, 9.17) is 18.9 Å². The summed E-state index contributed by atoms with van der Waals surface area (Å²) in [6, 6.07) is 12.4. The predicted octanol–water partition coefficient (Wildman–Crippen LogP) is 2.93. The highest BCUT2D eigenvalue weighted by Crippen LogP contribution is 2.34. The van der Waals surface area contributed by atoms with E-state index in [1.165, 1.54) is 0 Å². The SMILES string of the molecule is COc1ccccc1[C@@H](CNC(=O)Nc1ccc2c(c1)OCO2)OC. The number of nitrogens with one attached hydrogen (secondary N) is 2. The van der Waals surface area contributed by atoms with E-state index in [9.17, 15) is 4.79 Å². The van der Waals surface area contributed by atoms with Crippen molar-refractivity contribution in [3.05, 3.63) is 48.0 Å². The average Bonchev–Trinajstić information content (AvgIpc) is 3.10. The minimum atomic E-state index is -0.337. The minimum absolute atomic E-state index is 0.194. The van der Waals surface area contributed by atoms with Gasteiger partial charge in [-0.15, -0.1) is 0 Å². The minimum Gasteiger partial charge on any atom is -0.496 e. The van der Waals surface area contributed by atoms with E-state index in [1.54, 1.807) is 32.4 Å². The fraction of sp³-hybridized carbons (Fsp3) is 0.278. The van der Waals surface area contributed by atoms with E-state index < -0.39 is 0 Å². The summed E-state index contributed by atoms with van der Waals surface area (Å²) >= 11 is 0. The summed E-state index contributed by atoms with van der Waals surface area (Å²) in [6.45, 7) is 0.493. The maximum absolute atomic E-state index is 12.1. The predicted molar refractivity (Wildman–Crippen MR) is 92.3 cm³/mol. The van der Waals surface area contributed by atoms with Crippen LogP contribution in [0.1, 0.15) is 11.7 Å². The second-order valence-electron chi connectivity index (χ2n) is 5.37. The van der Waals surface area contributed by atoms with Crippen LogP contribution in [0.2, 0.25) is 0 Å². The van der Waals surface area contributed by atoms with E-state index >= 15 is 0 Å². The van der Waals surface area contributed by atoms with Gasteiger partial charge in [0.05, 0.1) is 7.11 Å². The summed E-state index contributed by atoms with van der Waals surface area (Å²) in [5.41, 5.74) is 1.49. The van der Waals surface area contributed by atoms with Gasteiger partial charge in [-0.05, 0) is 18.2 Å². The number of benzene rings is 2. The molecule has 0 radical (unpaired) electrons. The van der Waals surface area contributed by atoms with Crippen molar-refractivity contribution in [1.82, 2.24) is 5.32 Å². The number of carbonyl (C=O) groups excluding carboxylic acids is 1. The Labute approximate surface area is 145 Å². The van der Waals surface area contributed by atoms with Crippen LogP contribution < -0.4 is 24.8 Å². The normalized spacial score (nSPS) is 13.2. The lowest BCUT2D eigenvalue weighted by atomic mass is 10.1. The number of anilines is 1. The number of ether oxygens (including phenoxy) is 4. The second kappa shape index (κ2) is 7.76. The smallest absolute Gasteiger partial charge is 0.319 e. The molecule has 1 aliphatic heterocycles. The van der Waals surface area contributed by atoms with Gasteiger partial charge in [0.1, 0.15) is 11.9 Å². The molecule has 132 valence electrons. The molecule has 7 heteroatoms. The standard InChI is InChI=1S/C18H20N2O5/c1-22-14-6-4-3-5-13(14)17(23-2)10-19-18(21)20-12-7-8-15-16(9-12)25-11-24-15/h3-9,17H,10-11H2,1-2H3,(H2,19,20,21)/t17-/m1/s1. The van der Waals surface area contributed by atoms with Crippen molar-refractivity contribution in [2.24, 2.45) is 0 Å². The van der Waals surface area contributed by atoms with Crippen LogP contribution in [0.15, 0.2) is 42.5 Å². The molecule has 1 atom stereocenters. The molecular weight excluding hydrogens is 324 g/mol. The molecule has 0 saturated heterocycles. The summed E-state index contributed by atoms with van der Waals surface area (Å²) in [4.78, 5) is 12.1. The Hall–Kier alpha value is -2.93. The van der Waals surface area contributed by atoms with E-state index in [2.05, 4.69) is 10.6 Å². The quantitative estimate of drug-likeness (QED) is 0.842. The fourth-order valence-electron chi connectivity index (χ4n) is 2.59. The van der Waals surface area contributed by atoms with Crippen LogP contribution in [0.5, 0.6) is 17.2 Å². The van der Waals surface area contributed by atoms with Gasteiger partial charge in [0.15, 0.2) is 11.5 Å². The molecule has 0 unspecified atom stereocenters. The van der Waals surface area contributed by atoms with Gasteiger partial charge in [-0.1, -0.05) is 18.2 Å². The Kier molecular flexibility index (Phi) is 5.25. The summed E-state index contributed by atoms with van der Waals surface area (Å²) in [5.74, 6) is 2.00. The van der Waals surface area contributed by atoms with Gasteiger partial charge in [-0.3, -0.25) is 0 Å². The van der Waals surface area contributed by atoms with Crippen molar-refractivity contribution in [3.8, 4) is 17.2 Å². The molecule has 1 aliphatic rings. The third-order valence-electron chi connectivity index (χ3n) is 3.85. The van der Waals surface area contributed by atoms with E-state index in [0.29, 0.717) is 29.5 Å². The Balaban J connectivity index is 1.59. The first-order valence-corrected chi connectivity index (χ1v) is 7.81. The summed E-state index contributed by atoms with van der Waals surface area (Å²) in [6.07, 6.45) is -0.321. The van der Waals surface area contributed by atoms with Gasteiger partial charge < -0.3 is 29.6 Å². The zero-order valence-electron chi connectivity index (χ0n) is 14.1. The Morgan fingerprint density at radius 2 is 1.96 bits per heavy atom. The van der Waals surface area contributed by atoms with Crippen molar-refractivity contribution in [1.29, 1.82) is 0 Å². The molecule has 3 rings (SSSR count). The highest BCUT2D eigenvalue weighted by Gasteiger charge is 2.17. The van der Waals surface area contributed by atoms with Gasteiger partial charge in [0.2, 0.25) is 6.79 Å². The van der Waals surface area contributed by atoms with Crippen LogP contribution in [-0.2, 0) is 4.74 Å². The highest BCUT2D eigenvalue weighted by molar-refractivity contribution is 5.89. The number of hydrogen-bond donors (Lipinski definition) is 2. The van der Waals surface area contributed by atoms with E-state index in [1.807, 2.05) is 24.3 Å². The third-order valence-corrected chi connectivity index (χ3v) is 3.85. The van der Waals surface area contributed by atoms with Crippen LogP contribution in [0, 0.1) is 0 Å². The maximum atomic E-state index is 12.1. The third kappa shape index (κ3) is 3.95. The van der Waals surface area contributed by atoms with Gasteiger partial charge >= 0.3 is 6.03 Å². The Morgan fingerprint density at radius 1 is 1.16 bits per heavy atom. The highest BCUT2D eigenvalue weighted by atomic mass is 16.7. The molecule has 0 bridgehead atoms. The van der Waals surface area contributed by atoms with E-state index in [0.717, 1.165) is 5.56 Å². The molecule has 2 N–H and O–H groups in total. The van der Waals surface area contributed by atoms with Crippen LogP contribution >= 0.6 is 0 Å². The first-order valence-electron chi connectivity index (χ1n) is 7.81. The molecule has 2 aromatic carbocycles. The number of rotatable bonds is 6. The molecule has 1 heterocycles. The molecule has 0 fully saturated rings. The number of carbonyl (C=O) groups is 1.